The van der Waals surface area contributed by atoms with E-state index in [0.717, 1.165) is 6.42 Å². The van der Waals surface area contributed by atoms with Crippen LogP contribution in [0.2, 0.25) is 0 Å². The number of benzene rings is 1. The Morgan fingerprint density at radius 3 is 2.59 bits per heavy atom. The molecule has 3 atom stereocenters. The quantitative estimate of drug-likeness (QED) is 0.541. The van der Waals surface area contributed by atoms with Crippen LogP contribution in [0.5, 0.6) is 0 Å². The van der Waals surface area contributed by atoms with Crippen molar-refractivity contribution < 1.29 is 24.5 Å². The Hall–Kier alpha value is -2.70. The Morgan fingerprint density at radius 1 is 1.22 bits per heavy atom. The molecular formula is C21H23NO5. The second-order valence-electron chi connectivity index (χ2n) is 6.79. The molecule has 6 nitrogen and oxygen atoms in total. The summed E-state index contributed by atoms with van der Waals surface area (Å²) in [5, 5.41) is 24.1. The van der Waals surface area contributed by atoms with Gasteiger partial charge < -0.3 is 20.3 Å². The maximum atomic E-state index is 12.8. The van der Waals surface area contributed by atoms with Crippen LogP contribution < -0.4 is 5.32 Å². The van der Waals surface area contributed by atoms with Crippen LogP contribution in [0.15, 0.2) is 66.0 Å². The molecule has 1 aromatic carbocycles. The largest absolute Gasteiger partial charge is 0.466 e. The predicted molar refractivity (Wildman–Crippen MR) is 99.3 cm³/mol. The van der Waals surface area contributed by atoms with Crippen molar-refractivity contribution in [3.05, 3.63) is 71.5 Å². The van der Waals surface area contributed by atoms with Gasteiger partial charge in [-0.25, -0.2) is 0 Å². The van der Waals surface area contributed by atoms with Gasteiger partial charge in [-0.05, 0) is 25.0 Å². The highest BCUT2D eigenvalue weighted by atomic mass is 16.5. The lowest BCUT2D eigenvalue weighted by Gasteiger charge is -2.30. The number of hydrogen-bond acceptors (Lipinski definition) is 5. The average Bonchev–Trinajstić information content (AvgIpc) is 3.01. The number of allylic oxidation sites excluding steroid dienone is 4. The number of rotatable bonds is 5. The van der Waals surface area contributed by atoms with E-state index in [0.29, 0.717) is 5.56 Å². The highest BCUT2D eigenvalue weighted by molar-refractivity contribution is 6.20. The van der Waals surface area contributed by atoms with E-state index in [1.807, 2.05) is 19.1 Å². The van der Waals surface area contributed by atoms with Crippen molar-refractivity contribution in [1.82, 2.24) is 5.32 Å². The number of nitrogens with one attached hydrogen (secondary N) is 1. The lowest BCUT2D eigenvalue weighted by atomic mass is 9.86. The molecule has 0 radical (unpaired) electrons. The molecule has 0 saturated carbocycles. The first-order chi connectivity index (χ1) is 12.8. The van der Waals surface area contributed by atoms with Crippen LogP contribution in [0.25, 0.3) is 0 Å². The first kappa shape index (κ1) is 19.1. The molecule has 0 bridgehead atoms. The molecule has 142 valence electrons. The van der Waals surface area contributed by atoms with E-state index in [2.05, 4.69) is 5.32 Å². The van der Waals surface area contributed by atoms with Gasteiger partial charge >= 0.3 is 0 Å². The molecule has 1 amide bonds. The van der Waals surface area contributed by atoms with Crippen molar-refractivity contribution >= 4 is 11.7 Å². The summed E-state index contributed by atoms with van der Waals surface area (Å²) in [4.78, 5) is 25.5. The molecule has 2 aliphatic rings. The number of carbonyl (C=O) groups excluding carboxylic acids is 2. The Balaban J connectivity index is 1.88. The molecule has 6 heteroatoms. The van der Waals surface area contributed by atoms with Gasteiger partial charge in [-0.3, -0.25) is 9.59 Å². The fraction of sp³-hybridized carbons (Fsp3) is 0.333. The lowest BCUT2D eigenvalue weighted by molar-refractivity contribution is -0.161. The maximum Gasteiger partial charge on any atom is 0.278 e. The van der Waals surface area contributed by atoms with Gasteiger partial charge in [0.15, 0.2) is 11.8 Å². The zero-order chi connectivity index (χ0) is 19.7. The summed E-state index contributed by atoms with van der Waals surface area (Å²) in [5.74, 6) is -1.28. The fourth-order valence-electron chi connectivity index (χ4n) is 3.40. The molecule has 3 N–H and O–H groups in total. The Bertz CT molecular complexity index is 841. The zero-order valence-corrected chi connectivity index (χ0v) is 15.3. The summed E-state index contributed by atoms with van der Waals surface area (Å²) in [6.45, 7) is 3.53. The summed E-state index contributed by atoms with van der Waals surface area (Å²) < 4.78 is 5.66. The van der Waals surface area contributed by atoms with Crippen LogP contribution in [0.1, 0.15) is 25.8 Å². The van der Waals surface area contributed by atoms with E-state index in [-0.39, 0.29) is 17.8 Å². The molecule has 0 aliphatic carbocycles. The zero-order valence-electron chi connectivity index (χ0n) is 15.3. The highest BCUT2D eigenvalue weighted by Gasteiger charge is 2.70. The van der Waals surface area contributed by atoms with Crippen LogP contribution in [-0.4, -0.2) is 39.3 Å². The number of ketones is 1. The topological polar surface area (TPSA) is 95.9 Å². The number of ether oxygens (including phenoxy) is 1. The van der Waals surface area contributed by atoms with E-state index in [9.17, 15) is 19.8 Å². The smallest absolute Gasteiger partial charge is 0.278 e. The molecule has 2 aliphatic heterocycles. The Kier molecular flexibility index (Phi) is 5.04. The van der Waals surface area contributed by atoms with Crippen LogP contribution >= 0.6 is 0 Å². The van der Waals surface area contributed by atoms with Crippen LogP contribution in [0.3, 0.4) is 0 Å². The third-order valence-electron chi connectivity index (χ3n) is 4.87. The minimum absolute atomic E-state index is 0.0530. The van der Waals surface area contributed by atoms with E-state index < -0.39 is 29.1 Å². The van der Waals surface area contributed by atoms with Crippen LogP contribution in [0.4, 0.5) is 0 Å². The average molecular weight is 369 g/mol. The number of amides is 1. The number of carbonyl (C=O) groups is 2. The third-order valence-corrected chi connectivity index (χ3v) is 4.87. The van der Waals surface area contributed by atoms with Crippen molar-refractivity contribution in [2.75, 3.05) is 0 Å². The second-order valence-corrected chi connectivity index (χ2v) is 6.79. The maximum absolute atomic E-state index is 12.8. The molecule has 0 aromatic heterocycles. The molecule has 2 heterocycles. The monoisotopic (exact) mass is 369 g/mol. The molecule has 1 saturated heterocycles. The minimum atomic E-state index is -2.16. The molecule has 27 heavy (non-hydrogen) atoms. The fourth-order valence-corrected chi connectivity index (χ4v) is 3.40. The van der Waals surface area contributed by atoms with Crippen molar-refractivity contribution in [3.63, 3.8) is 0 Å². The number of hydrogen-bond donors (Lipinski definition) is 3. The van der Waals surface area contributed by atoms with Gasteiger partial charge in [0, 0.05) is 12.0 Å². The molecular weight excluding hydrogens is 346 g/mol. The minimum Gasteiger partial charge on any atom is -0.466 e. The van der Waals surface area contributed by atoms with Crippen molar-refractivity contribution in [3.8, 4) is 0 Å². The van der Waals surface area contributed by atoms with Gasteiger partial charge in [0.1, 0.15) is 5.76 Å². The normalized spacial score (nSPS) is 30.7. The molecule has 1 aromatic rings. The van der Waals surface area contributed by atoms with E-state index >= 15 is 0 Å². The van der Waals surface area contributed by atoms with Gasteiger partial charge in [0.2, 0.25) is 5.78 Å². The van der Waals surface area contributed by atoms with Crippen molar-refractivity contribution in [1.29, 1.82) is 0 Å². The molecule has 2 unspecified atom stereocenters. The summed E-state index contributed by atoms with van der Waals surface area (Å²) >= 11 is 0. The third kappa shape index (κ3) is 3.11. The van der Waals surface area contributed by atoms with Crippen LogP contribution in [-0.2, 0) is 20.7 Å². The molecule has 1 spiro atoms. The van der Waals surface area contributed by atoms with Crippen LogP contribution in [0, 0.1) is 0 Å². The number of aliphatic hydroxyl groups is 2. The van der Waals surface area contributed by atoms with E-state index in [4.69, 9.17) is 4.74 Å². The Morgan fingerprint density at radius 2 is 1.93 bits per heavy atom. The Labute approximate surface area is 157 Å². The summed E-state index contributed by atoms with van der Waals surface area (Å²) in [6.07, 6.45) is 6.05. The van der Waals surface area contributed by atoms with Gasteiger partial charge in [0.05, 0.1) is 0 Å². The summed E-state index contributed by atoms with van der Waals surface area (Å²) in [6, 6.07) is 8.91. The van der Waals surface area contributed by atoms with E-state index in [1.54, 1.807) is 42.5 Å². The van der Waals surface area contributed by atoms with Crippen molar-refractivity contribution in [2.45, 2.75) is 44.1 Å². The molecule has 1 fully saturated rings. The predicted octanol–water partition coefficient (Wildman–Crippen LogP) is 1.54. The number of aliphatic hydroxyl groups excluding tert-OH is 1. The summed E-state index contributed by atoms with van der Waals surface area (Å²) in [7, 11) is 0. The van der Waals surface area contributed by atoms with Gasteiger partial charge in [-0.15, -0.1) is 0 Å². The molecule has 3 rings (SSSR count). The first-order valence-corrected chi connectivity index (χ1v) is 8.90. The van der Waals surface area contributed by atoms with Gasteiger partial charge in [-0.2, -0.15) is 0 Å². The first-order valence-electron chi connectivity index (χ1n) is 8.90. The SMILES string of the molecule is CC/C=C/C=C/C1=C(C)C(=O)[C@]2(O1)C(=O)NC(O)(Cc1ccccc1)C2O. The van der Waals surface area contributed by atoms with Gasteiger partial charge in [0.25, 0.3) is 11.5 Å². The van der Waals surface area contributed by atoms with E-state index in [1.165, 1.54) is 6.92 Å². The second kappa shape index (κ2) is 7.13. The van der Waals surface area contributed by atoms with Gasteiger partial charge in [-0.1, -0.05) is 55.5 Å². The van der Waals surface area contributed by atoms with Crippen molar-refractivity contribution in [2.24, 2.45) is 0 Å². The lowest BCUT2D eigenvalue weighted by Crippen LogP contribution is -2.56. The standard InChI is InChI=1S/C21H23NO5/c1-3-4-5-9-12-16-14(2)17(23)21(27-16)18(24)20(26,22-19(21)25)13-15-10-7-6-8-11-15/h4-12,18,24,26H,3,13H2,1-2H3,(H,22,25)/b5-4+,12-9+/t18?,20?,21-/m1/s1. The summed E-state index contributed by atoms with van der Waals surface area (Å²) in [5.41, 5.74) is -3.23. The number of Topliss-reactive ketones (excluding diaryl/α,β-unsaturated/α-hetero) is 1. The highest BCUT2D eigenvalue weighted by Crippen LogP contribution is 2.42.